The molecule has 29 heavy (non-hydrogen) atoms. The summed E-state index contributed by atoms with van der Waals surface area (Å²) >= 11 is 0. The van der Waals surface area contributed by atoms with Crippen LogP contribution in [0.4, 0.5) is 13.2 Å². The van der Waals surface area contributed by atoms with Gasteiger partial charge in [0.1, 0.15) is 5.75 Å². The van der Waals surface area contributed by atoms with Crippen LogP contribution in [0.15, 0.2) is 18.2 Å². The van der Waals surface area contributed by atoms with Crippen molar-refractivity contribution < 1.29 is 36.7 Å². The fourth-order valence-corrected chi connectivity index (χ4v) is 3.06. The summed E-state index contributed by atoms with van der Waals surface area (Å²) in [6.45, 7) is 7.58. The Hall–Kier alpha value is -1.78. The van der Waals surface area contributed by atoms with Crippen LogP contribution in [0.25, 0.3) is 0 Å². The van der Waals surface area contributed by atoms with Gasteiger partial charge in [0.2, 0.25) is 0 Å². The number of amides is 1. The summed E-state index contributed by atoms with van der Waals surface area (Å²) < 4.78 is 60.1. The molecule has 1 amide bonds. The van der Waals surface area contributed by atoms with Gasteiger partial charge in [-0.05, 0) is 45.3 Å². The Morgan fingerprint density at radius 3 is 2.28 bits per heavy atom. The van der Waals surface area contributed by atoms with Crippen LogP contribution < -0.4 is 10.2 Å². The predicted molar refractivity (Wildman–Crippen MR) is 100 cm³/mol. The van der Waals surface area contributed by atoms with Gasteiger partial charge in [-0.25, -0.2) is 0 Å². The molecule has 0 bridgehead atoms. The number of rotatable bonds is 4. The highest BCUT2D eigenvalue weighted by Crippen LogP contribution is 2.37. The summed E-state index contributed by atoms with van der Waals surface area (Å²) in [5.41, 5.74) is -0.586. The second-order valence-electron chi connectivity index (χ2n) is 8.15. The van der Waals surface area contributed by atoms with Crippen molar-refractivity contribution in [3.05, 3.63) is 23.8 Å². The Bertz CT molecular complexity index is 747. The van der Waals surface area contributed by atoms with E-state index in [1.165, 1.54) is 17.0 Å². The number of carbonyl (C=O) groups excluding carboxylic acids is 1. The van der Waals surface area contributed by atoms with Crippen molar-refractivity contribution in [2.45, 2.75) is 45.1 Å². The van der Waals surface area contributed by atoms with E-state index < -0.39 is 37.0 Å². The molecular weight excluding hydrogens is 390 g/mol. The predicted octanol–water partition coefficient (Wildman–Crippen LogP) is 2.40. The van der Waals surface area contributed by atoms with Gasteiger partial charge < -0.3 is 23.7 Å². The Morgan fingerprint density at radius 1 is 1.14 bits per heavy atom. The lowest BCUT2D eigenvalue weighted by Gasteiger charge is -2.32. The standard InChI is InChI=1S/C19H25BF3NO5/c1-17(2)18(3,4)29-20(28-17)13-5-6-15(27-12-19(21,22)23)14(11-13)16(25)24-7-9-26-10-8-24/h5-6,11H,7-10,12H2,1-4H3. The van der Waals surface area contributed by atoms with E-state index >= 15 is 0 Å². The van der Waals surface area contributed by atoms with E-state index in [1.54, 1.807) is 6.07 Å². The lowest BCUT2D eigenvalue weighted by atomic mass is 9.78. The molecule has 0 aromatic heterocycles. The van der Waals surface area contributed by atoms with E-state index in [2.05, 4.69) is 0 Å². The van der Waals surface area contributed by atoms with E-state index in [-0.39, 0.29) is 11.3 Å². The van der Waals surface area contributed by atoms with Crippen molar-refractivity contribution in [3.8, 4) is 5.75 Å². The highest BCUT2D eigenvalue weighted by Gasteiger charge is 2.51. The minimum absolute atomic E-state index is 0.0448. The quantitative estimate of drug-likeness (QED) is 0.708. The molecule has 10 heteroatoms. The SMILES string of the molecule is CC1(C)OB(c2ccc(OCC(F)(F)F)c(C(=O)N3CCOCC3)c2)OC1(C)C. The molecule has 2 heterocycles. The molecule has 0 aliphatic carbocycles. The van der Waals surface area contributed by atoms with Crippen LogP contribution in [0.5, 0.6) is 5.75 Å². The Balaban J connectivity index is 1.91. The van der Waals surface area contributed by atoms with Crippen molar-refractivity contribution >= 4 is 18.5 Å². The molecule has 0 spiro atoms. The maximum absolute atomic E-state index is 13.0. The largest absolute Gasteiger partial charge is 0.494 e. The molecule has 6 nitrogen and oxygen atoms in total. The number of hydrogen-bond donors (Lipinski definition) is 0. The smallest absolute Gasteiger partial charge is 0.483 e. The number of hydrogen-bond acceptors (Lipinski definition) is 5. The highest BCUT2D eigenvalue weighted by molar-refractivity contribution is 6.62. The van der Waals surface area contributed by atoms with Gasteiger partial charge in [-0.3, -0.25) is 4.79 Å². The summed E-state index contributed by atoms with van der Waals surface area (Å²) in [6, 6.07) is 4.41. The van der Waals surface area contributed by atoms with Gasteiger partial charge in [0.15, 0.2) is 6.61 Å². The van der Waals surface area contributed by atoms with Crippen LogP contribution in [0.3, 0.4) is 0 Å². The molecule has 1 aromatic carbocycles. The van der Waals surface area contributed by atoms with Crippen molar-refractivity contribution in [2.24, 2.45) is 0 Å². The average molecular weight is 415 g/mol. The van der Waals surface area contributed by atoms with Gasteiger partial charge in [0.05, 0.1) is 30.0 Å². The first-order chi connectivity index (χ1) is 13.4. The van der Waals surface area contributed by atoms with Crippen molar-refractivity contribution in [3.63, 3.8) is 0 Å². The van der Waals surface area contributed by atoms with E-state index in [9.17, 15) is 18.0 Å². The lowest BCUT2D eigenvalue weighted by Crippen LogP contribution is -2.42. The first-order valence-corrected chi connectivity index (χ1v) is 9.46. The maximum atomic E-state index is 13.0. The van der Waals surface area contributed by atoms with Crippen molar-refractivity contribution in [1.29, 1.82) is 0 Å². The molecule has 1 aromatic rings. The van der Waals surface area contributed by atoms with Crippen molar-refractivity contribution in [1.82, 2.24) is 4.90 Å². The summed E-state index contributed by atoms with van der Waals surface area (Å²) in [6.07, 6.45) is -4.51. The minimum Gasteiger partial charge on any atom is -0.483 e. The van der Waals surface area contributed by atoms with Crippen LogP contribution in [0.1, 0.15) is 38.1 Å². The number of nitrogens with zero attached hydrogens (tertiary/aromatic N) is 1. The second-order valence-corrected chi connectivity index (χ2v) is 8.15. The molecule has 0 radical (unpaired) electrons. The molecule has 2 fully saturated rings. The third-order valence-electron chi connectivity index (χ3n) is 5.45. The fourth-order valence-electron chi connectivity index (χ4n) is 3.06. The number of morpholine rings is 1. The Labute approximate surface area is 168 Å². The third kappa shape index (κ3) is 4.87. The van der Waals surface area contributed by atoms with Crippen LogP contribution in [0, 0.1) is 0 Å². The molecule has 0 atom stereocenters. The molecule has 0 unspecified atom stereocenters. The van der Waals surface area contributed by atoms with Gasteiger partial charge >= 0.3 is 13.3 Å². The zero-order valence-electron chi connectivity index (χ0n) is 17.0. The summed E-state index contributed by atoms with van der Waals surface area (Å²) in [5.74, 6) is -0.539. The Morgan fingerprint density at radius 2 is 1.72 bits per heavy atom. The van der Waals surface area contributed by atoms with E-state index in [0.717, 1.165) is 0 Å². The lowest BCUT2D eigenvalue weighted by molar-refractivity contribution is -0.153. The molecule has 3 rings (SSSR count). The maximum Gasteiger partial charge on any atom is 0.494 e. The Kier molecular flexibility index (Phi) is 5.90. The van der Waals surface area contributed by atoms with Gasteiger partial charge in [0, 0.05) is 13.1 Å². The van der Waals surface area contributed by atoms with Gasteiger partial charge in [0.25, 0.3) is 5.91 Å². The molecular formula is C19H25BF3NO5. The fraction of sp³-hybridized carbons (Fsp3) is 0.632. The zero-order chi connectivity index (χ0) is 21.4. The van der Waals surface area contributed by atoms with Gasteiger partial charge in [-0.15, -0.1) is 0 Å². The molecule has 0 N–H and O–H groups in total. The molecule has 0 saturated carbocycles. The minimum atomic E-state index is -4.51. The van der Waals surface area contributed by atoms with E-state index in [1.807, 2.05) is 27.7 Å². The third-order valence-corrected chi connectivity index (χ3v) is 5.45. The number of carbonyl (C=O) groups is 1. The molecule has 2 aliphatic rings. The number of halogens is 3. The zero-order valence-corrected chi connectivity index (χ0v) is 17.0. The molecule has 2 aliphatic heterocycles. The summed E-state index contributed by atoms with van der Waals surface area (Å²) in [5, 5.41) is 0. The summed E-state index contributed by atoms with van der Waals surface area (Å²) in [7, 11) is -0.743. The van der Waals surface area contributed by atoms with Gasteiger partial charge in [-0.2, -0.15) is 13.2 Å². The molecule has 2 saturated heterocycles. The van der Waals surface area contributed by atoms with E-state index in [0.29, 0.717) is 31.8 Å². The molecule has 160 valence electrons. The van der Waals surface area contributed by atoms with Crippen LogP contribution in [-0.2, 0) is 14.0 Å². The monoisotopic (exact) mass is 415 g/mol. The van der Waals surface area contributed by atoms with E-state index in [4.69, 9.17) is 18.8 Å². The van der Waals surface area contributed by atoms with Gasteiger partial charge in [-0.1, -0.05) is 6.07 Å². The van der Waals surface area contributed by atoms with Crippen LogP contribution in [-0.4, -0.2) is 68.2 Å². The van der Waals surface area contributed by atoms with Crippen molar-refractivity contribution in [2.75, 3.05) is 32.9 Å². The average Bonchev–Trinajstić information content (AvgIpc) is 2.87. The summed E-state index contributed by atoms with van der Waals surface area (Å²) in [4.78, 5) is 14.5. The number of benzene rings is 1. The number of alkyl halides is 3. The number of ether oxygens (including phenoxy) is 2. The normalized spacial score (nSPS) is 21.3. The first kappa shape index (κ1) is 21.9. The second kappa shape index (κ2) is 7.81. The van der Waals surface area contributed by atoms with Crippen LogP contribution in [0.2, 0.25) is 0 Å². The first-order valence-electron chi connectivity index (χ1n) is 9.46. The topological polar surface area (TPSA) is 57.2 Å². The van der Waals surface area contributed by atoms with Crippen LogP contribution >= 0.6 is 0 Å². The highest BCUT2D eigenvalue weighted by atomic mass is 19.4.